The second-order valence-electron chi connectivity index (χ2n) is 2.63. The van der Waals surface area contributed by atoms with Crippen molar-refractivity contribution in [1.82, 2.24) is 5.32 Å². The van der Waals surface area contributed by atoms with Crippen molar-refractivity contribution in [3.8, 4) is 0 Å². The Morgan fingerprint density at radius 3 is 2.71 bits per heavy atom. The van der Waals surface area contributed by atoms with E-state index >= 15 is 0 Å². The Hall–Kier alpha value is -0.690. The molecule has 0 spiro atoms. The van der Waals surface area contributed by atoms with E-state index in [1.807, 2.05) is 18.2 Å². The third-order valence-corrected chi connectivity index (χ3v) is 2.63. The molecule has 0 saturated carbocycles. The zero-order chi connectivity index (χ0) is 10.6. The Kier molecular flexibility index (Phi) is 4.27. The van der Waals surface area contributed by atoms with Crippen LogP contribution >= 0.6 is 34.8 Å². The second kappa shape index (κ2) is 5.26. The lowest BCUT2D eigenvalue weighted by Crippen LogP contribution is -2.32. The van der Waals surface area contributed by atoms with Crippen LogP contribution in [0.1, 0.15) is 10.4 Å². The molecule has 0 heterocycles. The average molecular weight is 320 g/mol. The Bertz CT molecular complexity index is 368. The molecule has 0 aliphatic heterocycles. The topological polar surface area (TPSA) is 55.1 Å². The van der Waals surface area contributed by atoms with Gasteiger partial charge in [0.15, 0.2) is 0 Å². The molecule has 5 heteroatoms. The monoisotopic (exact) mass is 320 g/mol. The summed E-state index contributed by atoms with van der Waals surface area (Å²) in [5, 5.41) is 2.63. The summed E-state index contributed by atoms with van der Waals surface area (Å²) in [5.74, 6) is -0.150. The number of carbonyl (C=O) groups excluding carboxylic acids is 1. The summed E-state index contributed by atoms with van der Waals surface area (Å²) in [4.78, 5) is 11.8. The molecule has 0 atom stereocenters. The summed E-state index contributed by atoms with van der Waals surface area (Å²) in [6.45, 7) is 0.235. The van der Waals surface area contributed by atoms with E-state index in [4.69, 9.17) is 5.73 Å². The van der Waals surface area contributed by atoms with Crippen molar-refractivity contribution in [3.05, 3.63) is 33.4 Å². The molecule has 0 bridgehead atoms. The van der Waals surface area contributed by atoms with Crippen molar-refractivity contribution in [2.45, 2.75) is 0 Å². The molecule has 1 rings (SSSR count). The molecule has 1 aromatic rings. The van der Waals surface area contributed by atoms with Gasteiger partial charge in [-0.15, -0.1) is 0 Å². The highest BCUT2D eigenvalue weighted by Crippen LogP contribution is 2.10. The highest BCUT2D eigenvalue weighted by Gasteiger charge is 2.07. The third-order valence-electron chi connectivity index (χ3n) is 1.54. The number of carbonyl (C=O) groups is 1. The van der Waals surface area contributed by atoms with Gasteiger partial charge in [-0.3, -0.25) is 4.79 Å². The molecule has 0 aliphatic carbocycles. The molecule has 0 saturated heterocycles. The number of thiocarbonyl (C=S) groups is 1. The van der Waals surface area contributed by atoms with Gasteiger partial charge >= 0.3 is 0 Å². The molecule has 1 amide bonds. The first-order valence-corrected chi connectivity index (χ1v) is 5.41. The first kappa shape index (κ1) is 11.4. The lowest BCUT2D eigenvalue weighted by molar-refractivity contribution is 0.0958. The molecule has 3 nitrogen and oxygen atoms in total. The first-order chi connectivity index (χ1) is 6.61. The largest absolute Gasteiger partial charge is 0.392 e. The third kappa shape index (κ3) is 3.22. The molecular formula is C9H9IN2OS. The maximum Gasteiger partial charge on any atom is 0.252 e. The van der Waals surface area contributed by atoms with Gasteiger partial charge in [0.05, 0.1) is 17.1 Å². The van der Waals surface area contributed by atoms with Crippen LogP contribution in [0.15, 0.2) is 24.3 Å². The van der Waals surface area contributed by atoms with E-state index in [0.717, 1.165) is 3.57 Å². The van der Waals surface area contributed by atoms with Crippen molar-refractivity contribution in [2.75, 3.05) is 6.54 Å². The Labute approximate surface area is 101 Å². The Morgan fingerprint density at radius 2 is 2.14 bits per heavy atom. The lowest BCUT2D eigenvalue weighted by Gasteiger charge is -2.05. The van der Waals surface area contributed by atoms with Crippen LogP contribution in [0.2, 0.25) is 0 Å². The number of nitrogens with one attached hydrogen (secondary N) is 1. The predicted octanol–water partition coefficient (Wildman–Crippen LogP) is 1.31. The molecule has 1 aromatic carbocycles. The smallest absolute Gasteiger partial charge is 0.252 e. The van der Waals surface area contributed by atoms with E-state index in [-0.39, 0.29) is 17.4 Å². The second-order valence-corrected chi connectivity index (χ2v) is 4.32. The minimum absolute atomic E-state index is 0.150. The highest BCUT2D eigenvalue weighted by atomic mass is 127. The zero-order valence-electron chi connectivity index (χ0n) is 7.29. The van der Waals surface area contributed by atoms with E-state index in [2.05, 4.69) is 40.1 Å². The molecule has 0 fully saturated rings. The summed E-state index contributed by atoms with van der Waals surface area (Å²) in [6, 6.07) is 7.33. The predicted molar refractivity (Wildman–Crippen MR) is 68.3 cm³/mol. The van der Waals surface area contributed by atoms with E-state index < -0.39 is 0 Å². The number of hydrogen-bond donors (Lipinski definition) is 2. The van der Waals surface area contributed by atoms with Crippen LogP contribution in [-0.2, 0) is 0 Å². The molecule has 0 radical (unpaired) electrons. The maximum absolute atomic E-state index is 11.5. The number of rotatable bonds is 3. The van der Waals surface area contributed by atoms with E-state index in [0.29, 0.717) is 5.56 Å². The van der Waals surface area contributed by atoms with Gasteiger partial charge in [0.1, 0.15) is 0 Å². The fourth-order valence-electron chi connectivity index (χ4n) is 0.908. The van der Waals surface area contributed by atoms with Gasteiger partial charge in [0, 0.05) is 3.57 Å². The number of hydrogen-bond acceptors (Lipinski definition) is 2. The van der Waals surface area contributed by atoms with Crippen molar-refractivity contribution >= 4 is 45.7 Å². The van der Waals surface area contributed by atoms with Gasteiger partial charge in [-0.2, -0.15) is 0 Å². The summed E-state index contributed by atoms with van der Waals surface area (Å²) >= 11 is 6.77. The van der Waals surface area contributed by atoms with Crippen LogP contribution in [-0.4, -0.2) is 17.4 Å². The van der Waals surface area contributed by atoms with Gasteiger partial charge in [0.2, 0.25) is 0 Å². The molecule has 0 aromatic heterocycles. The van der Waals surface area contributed by atoms with Crippen LogP contribution in [0.4, 0.5) is 0 Å². The zero-order valence-corrected chi connectivity index (χ0v) is 10.3. The molecule has 3 N–H and O–H groups in total. The number of benzene rings is 1. The summed E-state index contributed by atoms with van der Waals surface area (Å²) < 4.78 is 0.908. The van der Waals surface area contributed by atoms with Crippen LogP contribution < -0.4 is 11.1 Å². The Balaban J connectivity index is 2.70. The average Bonchev–Trinajstić information content (AvgIpc) is 2.15. The van der Waals surface area contributed by atoms with Crippen molar-refractivity contribution < 1.29 is 4.79 Å². The number of nitrogens with two attached hydrogens (primary N) is 1. The lowest BCUT2D eigenvalue weighted by atomic mass is 10.2. The maximum atomic E-state index is 11.5. The van der Waals surface area contributed by atoms with Crippen molar-refractivity contribution in [1.29, 1.82) is 0 Å². The molecular weight excluding hydrogens is 311 g/mol. The highest BCUT2D eigenvalue weighted by molar-refractivity contribution is 14.1. The first-order valence-electron chi connectivity index (χ1n) is 3.92. The van der Waals surface area contributed by atoms with Gasteiger partial charge in [-0.1, -0.05) is 24.4 Å². The molecule has 0 aliphatic rings. The minimum atomic E-state index is -0.150. The normalized spacial score (nSPS) is 9.50. The van der Waals surface area contributed by atoms with E-state index in [1.54, 1.807) is 6.07 Å². The molecule has 0 unspecified atom stereocenters. The summed E-state index contributed by atoms with van der Waals surface area (Å²) in [6.07, 6.45) is 0. The van der Waals surface area contributed by atoms with Crippen LogP contribution in [0.25, 0.3) is 0 Å². The van der Waals surface area contributed by atoms with E-state index in [1.165, 1.54) is 0 Å². The van der Waals surface area contributed by atoms with E-state index in [9.17, 15) is 4.79 Å². The fourth-order valence-corrected chi connectivity index (χ4v) is 1.61. The SMILES string of the molecule is NC(=S)CNC(=O)c1ccccc1I. The van der Waals surface area contributed by atoms with Gasteiger partial charge in [0.25, 0.3) is 5.91 Å². The molecule has 74 valence electrons. The fraction of sp³-hybridized carbons (Fsp3) is 0.111. The van der Waals surface area contributed by atoms with Crippen LogP contribution in [0.3, 0.4) is 0 Å². The van der Waals surface area contributed by atoms with Gasteiger partial charge in [-0.25, -0.2) is 0 Å². The summed E-state index contributed by atoms with van der Waals surface area (Å²) in [5.41, 5.74) is 5.91. The van der Waals surface area contributed by atoms with Gasteiger partial charge in [-0.05, 0) is 34.7 Å². The molecule has 14 heavy (non-hydrogen) atoms. The van der Waals surface area contributed by atoms with Crippen molar-refractivity contribution in [3.63, 3.8) is 0 Å². The quantitative estimate of drug-likeness (QED) is 0.652. The van der Waals surface area contributed by atoms with Crippen LogP contribution in [0, 0.1) is 3.57 Å². The standard InChI is InChI=1S/C9H9IN2OS/c10-7-4-2-1-3-6(7)9(13)12-5-8(11)14/h1-4H,5H2,(H2,11,14)(H,12,13). The van der Waals surface area contributed by atoms with Gasteiger partial charge < -0.3 is 11.1 Å². The number of amides is 1. The number of halogens is 1. The Morgan fingerprint density at radius 1 is 1.50 bits per heavy atom. The van der Waals surface area contributed by atoms with Crippen LogP contribution in [0.5, 0.6) is 0 Å². The summed E-state index contributed by atoms with van der Waals surface area (Å²) in [7, 11) is 0. The minimum Gasteiger partial charge on any atom is -0.392 e. The van der Waals surface area contributed by atoms with Crippen molar-refractivity contribution in [2.24, 2.45) is 5.73 Å².